The van der Waals surface area contributed by atoms with Gasteiger partial charge in [0, 0.05) is 17.4 Å². The van der Waals surface area contributed by atoms with E-state index >= 15 is 0 Å². The number of hydrogen-bond acceptors (Lipinski definition) is 2. The second-order valence-corrected chi connectivity index (χ2v) is 2.83. The van der Waals surface area contributed by atoms with Crippen LogP contribution in [-0.4, -0.2) is 4.98 Å². The van der Waals surface area contributed by atoms with E-state index in [-0.39, 0.29) is 11.3 Å². The SMILES string of the molecule is Cc1cnc(C(F)(F)F)c(C)c1N. The predicted molar refractivity (Wildman–Crippen MR) is 43.1 cm³/mol. The molecule has 0 saturated carbocycles. The van der Waals surface area contributed by atoms with Crippen LogP contribution in [0.15, 0.2) is 6.20 Å². The molecule has 13 heavy (non-hydrogen) atoms. The Morgan fingerprint density at radius 3 is 2.31 bits per heavy atom. The van der Waals surface area contributed by atoms with Gasteiger partial charge in [0.1, 0.15) is 5.69 Å². The summed E-state index contributed by atoms with van der Waals surface area (Å²) in [6.07, 6.45) is -3.29. The number of aryl methyl sites for hydroxylation is 1. The molecule has 0 atom stereocenters. The number of rotatable bonds is 0. The summed E-state index contributed by atoms with van der Waals surface area (Å²) in [5.74, 6) is 0. The molecule has 0 spiro atoms. The minimum Gasteiger partial charge on any atom is -0.398 e. The van der Waals surface area contributed by atoms with Gasteiger partial charge < -0.3 is 5.73 Å². The van der Waals surface area contributed by atoms with Crippen molar-refractivity contribution in [1.82, 2.24) is 4.98 Å². The van der Waals surface area contributed by atoms with Crippen LogP contribution in [0, 0.1) is 13.8 Å². The Bertz CT molecular complexity index is 331. The van der Waals surface area contributed by atoms with Crippen molar-refractivity contribution in [2.45, 2.75) is 20.0 Å². The summed E-state index contributed by atoms with van der Waals surface area (Å²) in [5.41, 5.74) is 5.24. The van der Waals surface area contributed by atoms with Gasteiger partial charge in [0.25, 0.3) is 0 Å². The molecule has 0 amide bonds. The maximum Gasteiger partial charge on any atom is 0.433 e. The number of nitrogens with zero attached hydrogens (tertiary/aromatic N) is 1. The van der Waals surface area contributed by atoms with Gasteiger partial charge in [-0.1, -0.05) is 0 Å². The maximum absolute atomic E-state index is 12.2. The number of halogens is 3. The number of hydrogen-bond donors (Lipinski definition) is 1. The van der Waals surface area contributed by atoms with E-state index in [1.807, 2.05) is 0 Å². The maximum atomic E-state index is 12.2. The van der Waals surface area contributed by atoms with Crippen molar-refractivity contribution in [3.63, 3.8) is 0 Å². The Balaban J connectivity index is 3.35. The van der Waals surface area contributed by atoms with Gasteiger partial charge in [-0.3, -0.25) is 4.98 Å². The topological polar surface area (TPSA) is 38.9 Å². The van der Waals surface area contributed by atoms with Crippen molar-refractivity contribution >= 4 is 5.69 Å². The van der Waals surface area contributed by atoms with Crippen molar-refractivity contribution in [2.24, 2.45) is 0 Å². The largest absolute Gasteiger partial charge is 0.433 e. The van der Waals surface area contributed by atoms with E-state index in [4.69, 9.17) is 5.73 Å². The number of nitrogens with two attached hydrogens (primary N) is 1. The average Bonchev–Trinajstić information content (AvgIpc) is 1.98. The first-order valence-corrected chi connectivity index (χ1v) is 3.63. The molecule has 0 radical (unpaired) electrons. The average molecular weight is 190 g/mol. The van der Waals surface area contributed by atoms with Crippen molar-refractivity contribution in [2.75, 3.05) is 5.73 Å². The van der Waals surface area contributed by atoms with Gasteiger partial charge >= 0.3 is 6.18 Å². The van der Waals surface area contributed by atoms with E-state index in [1.54, 1.807) is 6.92 Å². The molecule has 5 heteroatoms. The van der Waals surface area contributed by atoms with E-state index in [9.17, 15) is 13.2 Å². The molecular formula is C8H9F3N2. The lowest BCUT2D eigenvalue weighted by Crippen LogP contribution is -2.12. The van der Waals surface area contributed by atoms with Crippen LogP contribution in [0.5, 0.6) is 0 Å². The molecule has 0 aliphatic rings. The fourth-order valence-electron chi connectivity index (χ4n) is 1.04. The highest BCUT2D eigenvalue weighted by Crippen LogP contribution is 2.32. The molecule has 2 nitrogen and oxygen atoms in total. The van der Waals surface area contributed by atoms with Crippen molar-refractivity contribution in [3.05, 3.63) is 23.0 Å². The smallest absolute Gasteiger partial charge is 0.398 e. The summed E-state index contributed by atoms with van der Waals surface area (Å²) in [6.45, 7) is 2.94. The molecule has 0 aliphatic heterocycles. The summed E-state index contributed by atoms with van der Waals surface area (Å²) in [7, 11) is 0. The Morgan fingerprint density at radius 2 is 1.85 bits per heavy atom. The zero-order valence-electron chi connectivity index (χ0n) is 7.24. The zero-order valence-corrected chi connectivity index (χ0v) is 7.24. The quantitative estimate of drug-likeness (QED) is 0.681. The van der Waals surface area contributed by atoms with Crippen LogP contribution in [-0.2, 0) is 6.18 Å². The first-order chi connectivity index (χ1) is 5.84. The lowest BCUT2D eigenvalue weighted by molar-refractivity contribution is -0.141. The van der Waals surface area contributed by atoms with E-state index in [1.165, 1.54) is 6.92 Å². The molecule has 0 unspecified atom stereocenters. The molecule has 2 N–H and O–H groups in total. The second-order valence-electron chi connectivity index (χ2n) is 2.83. The third kappa shape index (κ3) is 1.74. The van der Waals surface area contributed by atoms with Crippen LogP contribution in [0.2, 0.25) is 0 Å². The lowest BCUT2D eigenvalue weighted by atomic mass is 10.1. The first-order valence-electron chi connectivity index (χ1n) is 3.63. The molecule has 1 heterocycles. The number of nitrogen functional groups attached to an aromatic ring is 1. The van der Waals surface area contributed by atoms with Crippen LogP contribution in [0.4, 0.5) is 18.9 Å². The second kappa shape index (κ2) is 2.90. The third-order valence-electron chi connectivity index (χ3n) is 1.84. The fourth-order valence-corrected chi connectivity index (χ4v) is 1.04. The van der Waals surface area contributed by atoms with Gasteiger partial charge in [-0.15, -0.1) is 0 Å². The van der Waals surface area contributed by atoms with Crippen LogP contribution < -0.4 is 5.73 Å². The molecular weight excluding hydrogens is 181 g/mol. The van der Waals surface area contributed by atoms with Crippen molar-refractivity contribution in [1.29, 1.82) is 0 Å². The van der Waals surface area contributed by atoms with E-state index in [0.717, 1.165) is 6.20 Å². The van der Waals surface area contributed by atoms with Gasteiger partial charge in [-0.25, -0.2) is 0 Å². The van der Waals surface area contributed by atoms with Crippen LogP contribution in [0.1, 0.15) is 16.8 Å². The lowest BCUT2D eigenvalue weighted by Gasteiger charge is -2.11. The zero-order chi connectivity index (χ0) is 10.2. The van der Waals surface area contributed by atoms with E-state index < -0.39 is 11.9 Å². The van der Waals surface area contributed by atoms with Gasteiger partial charge in [-0.05, 0) is 19.4 Å². The van der Waals surface area contributed by atoms with Crippen LogP contribution in [0.25, 0.3) is 0 Å². The monoisotopic (exact) mass is 190 g/mol. The summed E-state index contributed by atoms with van der Waals surface area (Å²) in [6, 6.07) is 0. The number of aromatic nitrogens is 1. The normalized spacial score (nSPS) is 11.8. The Hall–Kier alpha value is -1.26. The Kier molecular flexibility index (Phi) is 2.19. The van der Waals surface area contributed by atoms with Gasteiger partial charge in [0.15, 0.2) is 0 Å². The summed E-state index contributed by atoms with van der Waals surface area (Å²) >= 11 is 0. The molecule has 1 rings (SSSR count). The standard InChI is InChI=1S/C8H9F3N2/c1-4-3-13-7(8(9,10)11)5(2)6(4)12/h3H,1-2H3,(H2,12,13). The number of alkyl halides is 3. The highest BCUT2D eigenvalue weighted by atomic mass is 19.4. The number of pyridine rings is 1. The molecule has 0 aliphatic carbocycles. The van der Waals surface area contributed by atoms with Gasteiger partial charge in [0.2, 0.25) is 0 Å². The number of anilines is 1. The van der Waals surface area contributed by atoms with Crippen molar-refractivity contribution < 1.29 is 13.2 Å². The molecule has 0 saturated heterocycles. The highest BCUT2D eigenvalue weighted by Gasteiger charge is 2.35. The molecule has 0 fully saturated rings. The highest BCUT2D eigenvalue weighted by molar-refractivity contribution is 5.53. The Morgan fingerprint density at radius 1 is 1.31 bits per heavy atom. The van der Waals surface area contributed by atoms with E-state index in [0.29, 0.717) is 5.56 Å². The van der Waals surface area contributed by atoms with Crippen molar-refractivity contribution in [3.8, 4) is 0 Å². The van der Waals surface area contributed by atoms with Gasteiger partial charge in [-0.2, -0.15) is 13.2 Å². The first kappa shape index (κ1) is 9.83. The van der Waals surface area contributed by atoms with Crippen LogP contribution in [0.3, 0.4) is 0 Å². The Labute approximate surface area is 73.6 Å². The summed E-state index contributed by atoms with van der Waals surface area (Å²) in [5, 5.41) is 0. The molecule has 72 valence electrons. The fraction of sp³-hybridized carbons (Fsp3) is 0.375. The van der Waals surface area contributed by atoms with Crippen LogP contribution >= 0.6 is 0 Å². The molecule has 0 aromatic carbocycles. The molecule has 0 bridgehead atoms. The summed E-state index contributed by atoms with van der Waals surface area (Å²) in [4.78, 5) is 3.30. The molecule has 1 aromatic heterocycles. The third-order valence-corrected chi connectivity index (χ3v) is 1.84. The minimum atomic E-state index is -4.42. The van der Waals surface area contributed by atoms with E-state index in [2.05, 4.69) is 4.98 Å². The predicted octanol–water partition coefficient (Wildman–Crippen LogP) is 2.30. The summed E-state index contributed by atoms with van der Waals surface area (Å²) < 4.78 is 36.7. The molecule has 1 aromatic rings. The van der Waals surface area contributed by atoms with Gasteiger partial charge in [0.05, 0.1) is 0 Å². The minimum absolute atomic E-state index is 0.00694.